The molecule has 0 aliphatic carbocycles. The van der Waals surface area contributed by atoms with Crippen molar-refractivity contribution in [3.8, 4) is 5.75 Å². The molecule has 0 radical (unpaired) electrons. The number of carbonyl (C=O) groups excluding carboxylic acids is 1. The summed E-state index contributed by atoms with van der Waals surface area (Å²) in [7, 11) is 0. The summed E-state index contributed by atoms with van der Waals surface area (Å²) >= 11 is 0. The van der Waals surface area contributed by atoms with Crippen LogP contribution in [0.5, 0.6) is 5.75 Å². The first kappa shape index (κ1) is 14.1. The summed E-state index contributed by atoms with van der Waals surface area (Å²) in [6, 6.07) is 13.9. The molecule has 0 unspecified atom stereocenters. The molecule has 2 aliphatic rings. The van der Waals surface area contributed by atoms with Gasteiger partial charge in [0.25, 0.3) is 11.9 Å². The highest BCUT2D eigenvalue weighted by atomic mass is 16.3. The highest BCUT2D eigenvalue weighted by molar-refractivity contribution is 6.53. The zero-order chi connectivity index (χ0) is 16.5. The van der Waals surface area contributed by atoms with Crippen LogP contribution in [-0.2, 0) is 4.79 Å². The smallest absolute Gasteiger partial charge is 0.276 e. The molecule has 2 aliphatic heterocycles. The minimum absolute atomic E-state index is 0.171. The third kappa shape index (κ3) is 2.39. The zero-order valence-electron chi connectivity index (χ0n) is 12.4. The molecule has 118 valence electrons. The fourth-order valence-corrected chi connectivity index (χ4v) is 2.48. The number of nitrogens with zero attached hydrogens (tertiary/aromatic N) is 5. The molecular formula is C16H12N6O2. The van der Waals surface area contributed by atoms with Gasteiger partial charge in [0.1, 0.15) is 12.4 Å². The summed E-state index contributed by atoms with van der Waals surface area (Å²) in [5.41, 5.74) is 2.43. The van der Waals surface area contributed by atoms with Gasteiger partial charge in [-0.25, -0.2) is 0 Å². The lowest BCUT2D eigenvalue weighted by Crippen LogP contribution is -2.24. The molecule has 8 heteroatoms. The van der Waals surface area contributed by atoms with Crippen molar-refractivity contribution >= 4 is 29.0 Å². The van der Waals surface area contributed by atoms with Gasteiger partial charge in [0.2, 0.25) is 0 Å². The van der Waals surface area contributed by atoms with Crippen molar-refractivity contribution in [2.75, 3.05) is 16.9 Å². The molecular weight excluding hydrogens is 308 g/mol. The molecule has 0 atom stereocenters. The van der Waals surface area contributed by atoms with Gasteiger partial charge in [-0.05, 0) is 30.3 Å². The lowest BCUT2D eigenvalue weighted by molar-refractivity contribution is -0.110. The van der Waals surface area contributed by atoms with E-state index in [0.717, 1.165) is 5.69 Å². The van der Waals surface area contributed by atoms with Gasteiger partial charge in [-0.3, -0.25) is 9.69 Å². The van der Waals surface area contributed by atoms with Crippen LogP contribution < -0.4 is 10.2 Å². The summed E-state index contributed by atoms with van der Waals surface area (Å²) in [5.74, 6) is 0.154. The number of hydrogen-bond acceptors (Lipinski definition) is 5. The number of benzene rings is 2. The van der Waals surface area contributed by atoms with E-state index in [1.54, 1.807) is 41.3 Å². The van der Waals surface area contributed by atoms with Crippen LogP contribution in [0.15, 0.2) is 69.0 Å². The van der Waals surface area contributed by atoms with Gasteiger partial charge >= 0.3 is 0 Å². The second-order valence-electron chi connectivity index (χ2n) is 5.18. The Bertz CT molecular complexity index is 901. The second kappa shape index (κ2) is 5.58. The van der Waals surface area contributed by atoms with Crippen LogP contribution in [0.2, 0.25) is 0 Å². The summed E-state index contributed by atoms with van der Waals surface area (Å²) in [5, 5.41) is 28.2. The van der Waals surface area contributed by atoms with E-state index in [-0.39, 0.29) is 23.3 Å². The maximum atomic E-state index is 12.0. The van der Waals surface area contributed by atoms with Crippen LogP contribution in [0.4, 0.5) is 11.4 Å². The molecule has 4 rings (SSSR count). The van der Waals surface area contributed by atoms with Gasteiger partial charge in [-0.2, -0.15) is 5.11 Å². The molecule has 0 saturated carbocycles. The number of carbonyl (C=O) groups is 1. The molecule has 2 aromatic carbocycles. The summed E-state index contributed by atoms with van der Waals surface area (Å²) in [6.45, 7) is 0.303. The van der Waals surface area contributed by atoms with Crippen LogP contribution in [0.3, 0.4) is 0 Å². The zero-order valence-corrected chi connectivity index (χ0v) is 12.4. The minimum Gasteiger partial charge on any atom is -0.508 e. The van der Waals surface area contributed by atoms with E-state index in [4.69, 9.17) is 0 Å². The molecule has 8 nitrogen and oxygen atoms in total. The average Bonchev–Trinajstić information content (AvgIpc) is 3.17. The molecule has 2 N–H and O–H groups in total. The van der Waals surface area contributed by atoms with Gasteiger partial charge in [0, 0.05) is 11.3 Å². The van der Waals surface area contributed by atoms with E-state index in [0.29, 0.717) is 17.9 Å². The van der Waals surface area contributed by atoms with E-state index in [9.17, 15) is 9.90 Å². The Labute approximate surface area is 136 Å². The van der Waals surface area contributed by atoms with Gasteiger partial charge in [-0.15, -0.1) is 15.3 Å². The first-order valence-electron chi connectivity index (χ1n) is 7.23. The Morgan fingerprint density at radius 3 is 2.71 bits per heavy atom. The number of fused-ring (bicyclic) bond motifs is 1. The highest BCUT2D eigenvalue weighted by Gasteiger charge is 2.26. The number of nitrogens with one attached hydrogen (secondary N) is 1. The van der Waals surface area contributed by atoms with Crippen molar-refractivity contribution in [2.45, 2.75) is 0 Å². The Morgan fingerprint density at radius 1 is 1.08 bits per heavy atom. The molecule has 0 bridgehead atoms. The highest BCUT2D eigenvalue weighted by Crippen LogP contribution is 2.24. The average molecular weight is 320 g/mol. The fraction of sp³-hybridized carbons (Fsp3) is 0.0625. The van der Waals surface area contributed by atoms with Crippen LogP contribution in [0.25, 0.3) is 0 Å². The predicted molar refractivity (Wildman–Crippen MR) is 89.4 cm³/mol. The van der Waals surface area contributed by atoms with Crippen molar-refractivity contribution in [3.05, 3.63) is 54.1 Å². The van der Waals surface area contributed by atoms with Gasteiger partial charge < -0.3 is 10.4 Å². The lowest BCUT2D eigenvalue weighted by atomic mass is 10.1. The summed E-state index contributed by atoms with van der Waals surface area (Å²) < 4.78 is 0. The van der Waals surface area contributed by atoms with Crippen LogP contribution in [0.1, 0.15) is 5.56 Å². The first-order valence-corrected chi connectivity index (χ1v) is 7.23. The van der Waals surface area contributed by atoms with E-state index >= 15 is 0 Å². The number of hydrogen-bond donors (Lipinski definition) is 2. The lowest BCUT2D eigenvalue weighted by Gasteiger charge is -2.14. The Morgan fingerprint density at radius 2 is 1.88 bits per heavy atom. The number of rotatable bonds is 2. The number of amides is 1. The van der Waals surface area contributed by atoms with Gasteiger partial charge in [-0.1, -0.05) is 18.2 Å². The number of phenols is 1. The predicted octanol–water partition coefficient (Wildman–Crippen LogP) is 2.33. The van der Waals surface area contributed by atoms with Gasteiger partial charge in [0.05, 0.1) is 5.69 Å². The number of guanidine groups is 1. The quantitative estimate of drug-likeness (QED) is 0.830. The van der Waals surface area contributed by atoms with Gasteiger partial charge in [0.15, 0.2) is 5.71 Å². The standard InChI is InChI=1S/C16H12N6O2/c23-11-7-5-10(6-8-11)22-9-17-20-16(22)21-19-14-12-3-1-2-4-13(12)18-15(14)24/h1-8,23H,9H2,(H,18,19,24)/b21-16+. The largest absolute Gasteiger partial charge is 0.508 e. The monoisotopic (exact) mass is 320 g/mol. The van der Waals surface area contributed by atoms with Crippen molar-refractivity contribution in [3.63, 3.8) is 0 Å². The SMILES string of the molecule is O=C1Nc2ccccc2/C1=N/N=C1\N=NCN1c1ccc(O)cc1. The second-order valence-corrected chi connectivity index (χ2v) is 5.18. The van der Waals surface area contributed by atoms with Crippen LogP contribution >= 0.6 is 0 Å². The normalized spacial score (nSPS) is 19.2. The van der Waals surface area contributed by atoms with E-state index in [1.807, 2.05) is 12.1 Å². The molecule has 0 saturated heterocycles. The van der Waals surface area contributed by atoms with Crippen LogP contribution in [0, 0.1) is 0 Å². The molecule has 2 heterocycles. The third-order valence-corrected chi connectivity index (χ3v) is 3.65. The Hall–Kier alpha value is -3.55. The Balaban J connectivity index is 1.66. The minimum atomic E-state index is -0.299. The van der Waals surface area contributed by atoms with E-state index < -0.39 is 0 Å². The van der Waals surface area contributed by atoms with E-state index in [2.05, 4.69) is 25.7 Å². The topological polar surface area (TPSA) is 102 Å². The Kier molecular flexibility index (Phi) is 3.27. The molecule has 0 spiro atoms. The summed E-state index contributed by atoms with van der Waals surface area (Å²) in [4.78, 5) is 13.7. The molecule has 2 aromatic rings. The molecule has 0 fully saturated rings. The maximum Gasteiger partial charge on any atom is 0.276 e. The van der Waals surface area contributed by atoms with Crippen molar-refractivity contribution in [1.82, 2.24) is 0 Å². The summed E-state index contributed by atoms with van der Waals surface area (Å²) in [6.07, 6.45) is 0. The first-order chi connectivity index (χ1) is 11.7. The number of azo groups is 1. The number of anilines is 2. The van der Waals surface area contributed by atoms with Crippen molar-refractivity contribution < 1.29 is 9.90 Å². The maximum absolute atomic E-state index is 12.0. The number of aromatic hydroxyl groups is 1. The van der Waals surface area contributed by atoms with Crippen molar-refractivity contribution in [2.24, 2.45) is 20.4 Å². The number of para-hydroxylation sites is 1. The number of phenolic OH excluding ortho intramolecular Hbond substituents is 1. The fourth-order valence-electron chi connectivity index (χ4n) is 2.48. The molecule has 0 aromatic heterocycles. The van der Waals surface area contributed by atoms with E-state index in [1.165, 1.54) is 0 Å². The third-order valence-electron chi connectivity index (χ3n) is 3.65. The molecule has 24 heavy (non-hydrogen) atoms. The van der Waals surface area contributed by atoms with Crippen molar-refractivity contribution in [1.29, 1.82) is 0 Å². The molecule has 1 amide bonds. The van der Waals surface area contributed by atoms with Crippen LogP contribution in [-0.4, -0.2) is 29.4 Å².